The van der Waals surface area contributed by atoms with E-state index in [-0.39, 0.29) is 41.3 Å². The van der Waals surface area contributed by atoms with Crippen molar-refractivity contribution < 1.29 is 23.2 Å². The van der Waals surface area contributed by atoms with E-state index in [1.165, 1.54) is 7.11 Å². The van der Waals surface area contributed by atoms with Crippen LogP contribution in [0, 0.1) is 0 Å². The molecular formula is C23H37Cl2N3O5S. The standard InChI is InChI=1S/C23H37Cl2N3O5S/c1-26(2)10-13-33-18-8-6-17(7-9-18)28(4)22(29)16-32-12-11-27(3)34(30)23-20(24)14-19(31-5)15-21(23)25/h14-15,17-18H,6-13,16H2,1-5H3. The summed E-state index contributed by atoms with van der Waals surface area (Å²) in [5, 5.41) is 0.537. The first-order valence-electron chi connectivity index (χ1n) is 11.4. The van der Waals surface area contributed by atoms with Crippen molar-refractivity contribution >= 4 is 40.1 Å². The van der Waals surface area contributed by atoms with Gasteiger partial charge in [-0.3, -0.25) is 4.79 Å². The van der Waals surface area contributed by atoms with E-state index in [9.17, 15) is 9.00 Å². The van der Waals surface area contributed by atoms with E-state index in [1.54, 1.807) is 28.4 Å². The van der Waals surface area contributed by atoms with Gasteiger partial charge >= 0.3 is 0 Å². The average molecular weight is 539 g/mol. The molecule has 0 aliphatic heterocycles. The quantitative estimate of drug-likeness (QED) is 0.359. The first-order valence-corrected chi connectivity index (χ1v) is 13.3. The lowest BCUT2D eigenvalue weighted by Gasteiger charge is -2.34. The summed E-state index contributed by atoms with van der Waals surface area (Å²) in [4.78, 5) is 16.8. The van der Waals surface area contributed by atoms with Crippen LogP contribution in [0.15, 0.2) is 17.0 Å². The van der Waals surface area contributed by atoms with Gasteiger partial charge in [0.15, 0.2) is 0 Å². The fourth-order valence-corrected chi connectivity index (χ4v) is 5.59. The summed E-state index contributed by atoms with van der Waals surface area (Å²) in [6.07, 6.45) is 4.06. The number of methoxy groups -OCH3 is 1. The van der Waals surface area contributed by atoms with Gasteiger partial charge in [-0.2, -0.15) is 0 Å². The van der Waals surface area contributed by atoms with Crippen molar-refractivity contribution in [1.29, 1.82) is 0 Å². The molecule has 1 saturated carbocycles. The van der Waals surface area contributed by atoms with Gasteiger partial charge in [0.05, 0.1) is 41.4 Å². The maximum Gasteiger partial charge on any atom is 0.248 e. The average Bonchev–Trinajstić information content (AvgIpc) is 2.80. The van der Waals surface area contributed by atoms with Crippen molar-refractivity contribution in [1.82, 2.24) is 14.1 Å². The number of halogens is 2. The summed E-state index contributed by atoms with van der Waals surface area (Å²) in [5.41, 5.74) is 0. The molecular weight excluding hydrogens is 501 g/mol. The smallest absolute Gasteiger partial charge is 0.248 e. The molecule has 11 heteroatoms. The second-order valence-electron chi connectivity index (χ2n) is 8.68. The van der Waals surface area contributed by atoms with Crippen LogP contribution < -0.4 is 4.74 Å². The number of amides is 1. The van der Waals surface area contributed by atoms with Crippen molar-refractivity contribution in [3.63, 3.8) is 0 Å². The van der Waals surface area contributed by atoms with Crippen LogP contribution in [0.1, 0.15) is 25.7 Å². The van der Waals surface area contributed by atoms with Gasteiger partial charge in [-0.15, -0.1) is 0 Å². The first kappa shape index (κ1) is 29.3. The van der Waals surface area contributed by atoms with E-state index >= 15 is 0 Å². The Morgan fingerprint density at radius 3 is 2.21 bits per heavy atom. The van der Waals surface area contributed by atoms with Crippen LogP contribution >= 0.6 is 23.2 Å². The summed E-state index contributed by atoms with van der Waals surface area (Å²) in [5.74, 6) is 0.441. The highest BCUT2D eigenvalue weighted by molar-refractivity contribution is 7.83. The van der Waals surface area contributed by atoms with E-state index in [4.69, 9.17) is 37.4 Å². The summed E-state index contributed by atoms with van der Waals surface area (Å²) in [7, 11) is 7.52. The molecule has 1 aromatic carbocycles. The monoisotopic (exact) mass is 537 g/mol. The fourth-order valence-electron chi connectivity index (χ4n) is 3.72. The van der Waals surface area contributed by atoms with E-state index in [0.717, 1.165) is 38.8 Å². The molecule has 1 aliphatic carbocycles. The van der Waals surface area contributed by atoms with Crippen molar-refractivity contribution in [3.05, 3.63) is 22.2 Å². The van der Waals surface area contributed by atoms with Gasteiger partial charge in [-0.05, 0) is 39.8 Å². The summed E-state index contributed by atoms with van der Waals surface area (Å²) in [6.45, 7) is 2.23. The molecule has 1 amide bonds. The minimum absolute atomic E-state index is 0.0136. The molecule has 1 fully saturated rings. The SMILES string of the molecule is COc1cc(Cl)c(S(=O)N(C)CCOCC(=O)N(C)C2CCC(OCCN(C)C)CC2)c(Cl)c1. The number of carbonyl (C=O) groups excluding carboxylic acids is 1. The summed E-state index contributed by atoms with van der Waals surface area (Å²) >= 11 is 12.5. The molecule has 2 rings (SSSR count). The molecule has 0 saturated heterocycles. The van der Waals surface area contributed by atoms with Gasteiger partial charge in [0.1, 0.15) is 23.3 Å². The number of nitrogens with zero attached hydrogens (tertiary/aromatic N) is 3. The van der Waals surface area contributed by atoms with Crippen molar-refractivity contribution in [2.45, 2.75) is 42.7 Å². The van der Waals surface area contributed by atoms with Crippen LogP contribution in [0.4, 0.5) is 0 Å². The molecule has 0 aromatic heterocycles. The number of carbonyl (C=O) groups is 1. The third-order valence-corrected chi connectivity index (χ3v) is 8.28. The molecule has 0 heterocycles. The maximum atomic E-state index is 12.8. The topological polar surface area (TPSA) is 71.5 Å². The number of likely N-dealkylation sites (N-methyl/N-ethyl adjacent to an activating group) is 3. The van der Waals surface area contributed by atoms with Crippen LogP contribution in [-0.2, 0) is 25.3 Å². The van der Waals surface area contributed by atoms with Crippen LogP contribution in [0.3, 0.4) is 0 Å². The van der Waals surface area contributed by atoms with Gasteiger partial charge in [0.25, 0.3) is 0 Å². The van der Waals surface area contributed by atoms with Crippen LogP contribution in [0.25, 0.3) is 0 Å². The highest BCUT2D eigenvalue weighted by atomic mass is 35.5. The van der Waals surface area contributed by atoms with E-state index < -0.39 is 11.0 Å². The third-order valence-electron chi connectivity index (χ3n) is 5.92. The molecule has 0 spiro atoms. The summed E-state index contributed by atoms with van der Waals surface area (Å²) < 4.78 is 31.0. The molecule has 0 radical (unpaired) electrons. The lowest BCUT2D eigenvalue weighted by Crippen LogP contribution is -2.42. The van der Waals surface area contributed by atoms with Gasteiger partial charge in [-0.1, -0.05) is 23.2 Å². The number of rotatable bonds is 13. The highest BCUT2D eigenvalue weighted by Crippen LogP contribution is 2.33. The molecule has 0 N–H and O–H groups in total. The molecule has 34 heavy (non-hydrogen) atoms. The Morgan fingerprint density at radius 2 is 1.65 bits per heavy atom. The molecule has 0 bridgehead atoms. The predicted octanol–water partition coefficient (Wildman–Crippen LogP) is 3.32. The first-order chi connectivity index (χ1) is 16.1. The van der Waals surface area contributed by atoms with Gasteiger partial charge in [0.2, 0.25) is 5.91 Å². The molecule has 8 nitrogen and oxygen atoms in total. The van der Waals surface area contributed by atoms with E-state index in [2.05, 4.69) is 4.90 Å². The fraction of sp³-hybridized carbons (Fsp3) is 0.696. The van der Waals surface area contributed by atoms with Gasteiger partial charge < -0.3 is 24.0 Å². The number of ether oxygens (including phenoxy) is 3. The Kier molecular flexibility index (Phi) is 12.6. The minimum Gasteiger partial charge on any atom is -0.497 e. The Labute approximate surface area is 216 Å². The Balaban J connectivity index is 1.70. The number of benzene rings is 1. The van der Waals surface area contributed by atoms with Crippen molar-refractivity contribution in [2.75, 3.05) is 68.2 Å². The van der Waals surface area contributed by atoms with Crippen molar-refractivity contribution in [3.8, 4) is 5.75 Å². The lowest BCUT2D eigenvalue weighted by atomic mass is 9.92. The second-order valence-corrected chi connectivity index (χ2v) is 11.0. The largest absolute Gasteiger partial charge is 0.497 e. The summed E-state index contributed by atoms with van der Waals surface area (Å²) in [6, 6.07) is 3.35. The van der Waals surface area contributed by atoms with Gasteiger partial charge in [-0.25, -0.2) is 8.51 Å². The van der Waals surface area contributed by atoms with E-state index in [1.807, 2.05) is 21.1 Å². The zero-order valence-electron chi connectivity index (χ0n) is 20.7. The Hall–Kier alpha value is -0.940. The van der Waals surface area contributed by atoms with Crippen LogP contribution in [0.5, 0.6) is 5.75 Å². The lowest BCUT2D eigenvalue weighted by molar-refractivity contribution is -0.138. The Morgan fingerprint density at radius 1 is 1.03 bits per heavy atom. The number of hydrogen-bond donors (Lipinski definition) is 0. The highest BCUT2D eigenvalue weighted by Gasteiger charge is 2.27. The van der Waals surface area contributed by atoms with Crippen LogP contribution in [-0.4, -0.2) is 105 Å². The Bertz CT molecular complexity index is 799. The van der Waals surface area contributed by atoms with E-state index in [0.29, 0.717) is 17.2 Å². The zero-order valence-corrected chi connectivity index (χ0v) is 23.0. The van der Waals surface area contributed by atoms with Crippen LogP contribution in [0.2, 0.25) is 10.0 Å². The molecule has 1 atom stereocenters. The maximum absolute atomic E-state index is 12.8. The molecule has 1 aliphatic rings. The van der Waals surface area contributed by atoms with Crippen molar-refractivity contribution in [2.24, 2.45) is 0 Å². The molecule has 1 aromatic rings. The third kappa shape index (κ3) is 8.93. The zero-order chi connectivity index (χ0) is 25.3. The molecule has 1 unspecified atom stereocenters. The predicted molar refractivity (Wildman–Crippen MR) is 136 cm³/mol. The van der Waals surface area contributed by atoms with Gasteiger partial charge in [0, 0.05) is 45.4 Å². The normalized spacial score (nSPS) is 19.4. The minimum atomic E-state index is -1.57. The second kappa shape index (κ2) is 14.6. The molecule has 194 valence electrons. The number of hydrogen-bond acceptors (Lipinski definition) is 6.